The van der Waals surface area contributed by atoms with Gasteiger partial charge >= 0.3 is 0 Å². The summed E-state index contributed by atoms with van der Waals surface area (Å²) < 4.78 is 25.9. The van der Waals surface area contributed by atoms with Gasteiger partial charge in [-0.2, -0.15) is 5.26 Å². The van der Waals surface area contributed by atoms with Crippen molar-refractivity contribution >= 4 is 17.7 Å². The van der Waals surface area contributed by atoms with E-state index in [1.807, 2.05) is 11.0 Å². The normalized spacial score (nSPS) is 20.1. The molecular formula is C15H17FN4O2. The van der Waals surface area contributed by atoms with Gasteiger partial charge in [-0.25, -0.2) is 9.38 Å². The Morgan fingerprint density at radius 2 is 2.32 bits per heavy atom. The maximum absolute atomic E-state index is 14.8. The van der Waals surface area contributed by atoms with Crippen molar-refractivity contribution in [1.29, 1.82) is 5.26 Å². The highest BCUT2D eigenvalue weighted by molar-refractivity contribution is 5.75. The number of hydrogen-bond acceptors (Lipinski definition) is 5. The van der Waals surface area contributed by atoms with Crippen LogP contribution in [0, 0.1) is 17.1 Å². The van der Waals surface area contributed by atoms with Crippen LogP contribution in [0.2, 0.25) is 0 Å². The van der Waals surface area contributed by atoms with Crippen molar-refractivity contribution in [3.8, 4) is 11.8 Å². The molecule has 7 heteroatoms. The standard InChI is InChI=1S/C15H17FN4O2/c1-19(2)9-18-12-5-13-15(14(16)11(12)6-17)20-3-4-21-7-10(20)8-22-13/h5,9-10H,3-4,7-8H2,1-2H3/b18-9+/t10-/m0/s1. The summed E-state index contributed by atoms with van der Waals surface area (Å²) in [5.41, 5.74) is 0.562. The van der Waals surface area contributed by atoms with Gasteiger partial charge in [-0.3, -0.25) is 0 Å². The van der Waals surface area contributed by atoms with Gasteiger partial charge in [0.05, 0.1) is 31.3 Å². The molecular weight excluding hydrogens is 287 g/mol. The van der Waals surface area contributed by atoms with Crippen molar-refractivity contribution in [3.63, 3.8) is 0 Å². The topological polar surface area (TPSA) is 61.1 Å². The zero-order valence-corrected chi connectivity index (χ0v) is 12.5. The highest BCUT2D eigenvalue weighted by atomic mass is 19.1. The van der Waals surface area contributed by atoms with Gasteiger partial charge in [-0.15, -0.1) is 0 Å². The number of nitriles is 1. The lowest BCUT2D eigenvalue weighted by atomic mass is 10.1. The quantitative estimate of drug-likeness (QED) is 0.612. The number of benzene rings is 1. The van der Waals surface area contributed by atoms with Crippen LogP contribution < -0.4 is 9.64 Å². The molecule has 0 spiro atoms. The predicted molar refractivity (Wildman–Crippen MR) is 80.4 cm³/mol. The minimum Gasteiger partial charge on any atom is -0.489 e. The molecule has 2 heterocycles. The van der Waals surface area contributed by atoms with Gasteiger partial charge in [0.1, 0.15) is 29.7 Å². The van der Waals surface area contributed by atoms with Crippen molar-refractivity contribution in [3.05, 3.63) is 17.4 Å². The monoisotopic (exact) mass is 304 g/mol. The van der Waals surface area contributed by atoms with Crippen LogP contribution in [0.15, 0.2) is 11.1 Å². The molecule has 1 aromatic carbocycles. The minimum absolute atomic E-state index is 0.0154. The third-order valence-electron chi connectivity index (χ3n) is 3.67. The summed E-state index contributed by atoms with van der Waals surface area (Å²) in [4.78, 5) is 7.81. The molecule has 0 unspecified atom stereocenters. The number of anilines is 1. The van der Waals surface area contributed by atoms with E-state index in [1.165, 1.54) is 6.34 Å². The molecule has 116 valence electrons. The number of rotatable bonds is 2. The second-order valence-corrected chi connectivity index (χ2v) is 5.48. The number of hydrogen-bond donors (Lipinski definition) is 0. The molecule has 6 nitrogen and oxygen atoms in total. The number of fused-ring (bicyclic) bond motifs is 3. The molecule has 3 rings (SSSR count). The van der Waals surface area contributed by atoms with Crippen LogP contribution in [0.4, 0.5) is 15.8 Å². The van der Waals surface area contributed by atoms with Crippen LogP contribution in [0.3, 0.4) is 0 Å². The Morgan fingerprint density at radius 3 is 3.05 bits per heavy atom. The van der Waals surface area contributed by atoms with Crippen LogP contribution in [-0.2, 0) is 4.74 Å². The number of nitrogens with zero attached hydrogens (tertiary/aromatic N) is 4. The number of morpholine rings is 1. The molecule has 1 aromatic rings. The smallest absolute Gasteiger partial charge is 0.170 e. The average Bonchev–Trinajstić information content (AvgIpc) is 2.52. The summed E-state index contributed by atoms with van der Waals surface area (Å²) in [6, 6.07) is 3.52. The van der Waals surface area contributed by atoms with E-state index in [9.17, 15) is 9.65 Å². The SMILES string of the molecule is CN(C)/C=N/c1cc2c(c(F)c1C#N)N1CCOC[C@H]1CO2. The Balaban J connectivity index is 2.09. The summed E-state index contributed by atoms with van der Waals surface area (Å²) in [7, 11) is 3.61. The van der Waals surface area contributed by atoms with E-state index in [0.29, 0.717) is 37.8 Å². The second-order valence-electron chi connectivity index (χ2n) is 5.48. The van der Waals surface area contributed by atoms with E-state index in [0.717, 1.165) is 0 Å². The van der Waals surface area contributed by atoms with Crippen LogP contribution in [-0.4, -0.2) is 57.7 Å². The Hall–Kier alpha value is -2.33. The maximum atomic E-state index is 14.8. The van der Waals surface area contributed by atoms with Crippen molar-refractivity contribution in [1.82, 2.24) is 4.90 Å². The number of aliphatic imine (C=N–C) groups is 1. The zero-order valence-electron chi connectivity index (χ0n) is 12.5. The minimum atomic E-state index is -0.572. The second kappa shape index (κ2) is 5.81. The fourth-order valence-electron chi connectivity index (χ4n) is 2.64. The van der Waals surface area contributed by atoms with Gasteiger partial charge in [0.25, 0.3) is 0 Å². The van der Waals surface area contributed by atoms with E-state index < -0.39 is 5.82 Å². The van der Waals surface area contributed by atoms with Crippen molar-refractivity contribution in [2.45, 2.75) is 6.04 Å². The summed E-state index contributed by atoms with van der Waals surface area (Å²) in [6.45, 7) is 2.07. The van der Waals surface area contributed by atoms with Crippen LogP contribution in [0.1, 0.15) is 5.56 Å². The lowest BCUT2D eigenvalue weighted by molar-refractivity contribution is 0.0698. The van der Waals surface area contributed by atoms with Crippen molar-refractivity contribution in [2.24, 2.45) is 4.99 Å². The van der Waals surface area contributed by atoms with E-state index in [4.69, 9.17) is 9.47 Å². The lowest BCUT2D eigenvalue weighted by Crippen LogP contribution is -2.51. The Labute approximate surface area is 128 Å². The molecule has 0 radical (unpaired) electrons. The first-order valence-corrected chi connectivity index (χ1v) is 7.06. The fraction of sp³-hybridized carbons (Fsp3) is 0.467. The number of ether oxygens (including phenoxy) is 2. The van der Waals surface area contributed by atoms with Crippen LogP contribution >= 0.6 is 0 Å². The highest BCUT2D eigenvalue weighted by Crippen LogP contribution is 2.42. The molecule has 0 aliphatic carbocycles. The van der Waals surface area contributed by atoms with Gasteiger partial charge in [0.15, 0.2) is 5.82 Å². The van der Waals surface area contributed by atoms with Gasteiger partial charge in [0.2, 0.25) is 0 Å². The summed E-state index contributed by atoms with van der Waals surface area (Å²) in [5, 5.41) is 9.30. The molecule has 0 bridgehead atoms. The molecule has 1 fully saturated rings. The van der Waals surface area contributed by atoms with E-state index in [2.05, 4.69) is 4.99 Å². The Kier molecular flexibility index (Phi) is 3.86. The molecule has 1 atom stereocenters. The summed E-state index contributed by atoms with van der Waals surface area (Å²) in [6.07, 6.45) is 1.53. The van der Waals surface area contributed by atoms with Crippen LogP contribution in [0.5, 0.6) is 5.75 Å². The zero-order chi connectivity index (χ0) is 15.7. The summed E-state index contributed by atoms with van der Waals surface area (Å²) >= 11 is 0. The first kappa shape index (κ1) is 14.6. The van der Waals surface area contributed by atoms with E-state index >= 15 is 0 Å². The largest absolute Gasteiger partial charge is 0.489 e. The molecule has 2 aliphatic rings. The molecule has 22 heavy (non-hydrogen) atoms. The molecule has 2 aliphatic heterocycles. The van der Waals surface area contributed by atoms with E-state index in [-0.39, 0.29) is 17.3 Å². The number of halogens is 1. The first-order chi connectivity index (χ1) is 10.6. The van der Waals surface area contributed by atoms with Gasteiger partial charge in [-0.05, 0) is 0 Å². The van der Waals surface area contributed by atoms with Crippen molar-refractivity contribution < 1.29 is 13.9 Å². The lowest BCUT2D eigenvalue weighted by Gasteiger charge is -2.41. The molecule has 0 aromatic heterocycles. The molecule has 0 amide bonds. The third kappa shape index (κ3) is 2.46. The predicted octanol–water partition coefficient (Wildman–Crippen LogP) is 1.52. The molecule has 0 saturated carbocycles. The Morgan fingerprint density at radius 1 is 1.50 bits per heavy atom. The Bertz CT molecular complexity index is 654. The van der Waals surface area contributed by atoms with Gasteiger partial charge in [-0.1, -0.05) is 0 Å². The average molecular weight is 304 g/mol. The summed E-state index contributed by atoms with van der Waals surface area (Å²) in [5.74, 6) is -0.141. The van der Waals surface area contributed by atoms with Crippen molar-refractivity contribution in [2.75, 3.05) is 45.4 Å². The van der Waals surface area contributed by atoms with E-state index in [1.54, 1.807) is 25.1 Å². The van der Waals surface area contributed by atoms with Gasteiger partial charge in [0, 0.05) is 26.7 Å². The maximum Gasteiger partial charge on any atom is 0.170 e. The molecule has 1 saturated heterocycles. The highest BCUT2D eigenvalue weighted by Gasteiger charge is 2.34. The molecule has 0 N–H and O–H groups in total. The third-order valence-corrected chi connectivity index (χ3v) is 3.67. The van der Waals surface area contributed by atoms with Crippen LogP contribution in [0.25, 0.3) is 0 Å². The first-order valence-electron chi connectivity index (χ1n) is 7.06. The fourth-order valence-corrected chi connectivity index (χ4v) is 2.64. The van der Waals surface area contributed by atoms with Gasteiger partial charge < -0.3 is 19.3 Å².